The second-order valence-electron chi connectivity index (χ2n) is 9.04. The highest BCUT2D eigenvalue weighted by Gasteiger charge is 2.69. The predicted molar refractivity (Wildman–Crippen MR) is 92.9 cm³/mol. The van der Waals surface area contributed by atoms with E-state index in [2.05, 4.69) is 0 Å². The lowest BCUT2D eigenvalue weighted by molar-refractivity contribution is -0.318. The smallest absolute Gasteiger partial charge is 0.172 e. The molecule has 0 aromatic carbocycles. The Morgan fingerprint density at radius 2 is 1.52 bits per heavy atom. The summed E-state index contributed by atoms with van der Waals surface area (Å²) in [7, 11) is 1.64. The molecule has 1 aliphatic carbocycles. The first-order valence-electron chi connectivity index (χ1n) is 9.73. The van der Waals surface area contributed by atoms with Crippen LogP contribution in [0.3, 0.4) is 0 Å². The maximum atomic E-state index is 11.1. The van der Waals surface area contributed by atoms with Crippen molar-refractivity contribution in [2.45, 2.75) is 101 Å². The first-order valence-corrected chi connectivity index (χ1v) is 9.73. The summed E-state index contributed by atoms with van der Waals surface area (Å²) in [6.07, 6.45) is -1.83. The molecule has 0 amide bonds. The minimum atomic E-state index is -0.987. The molecule has 3 heterocycles. The van der Waals surface area contributed by atoms with Crippen LogP contribution in [0.1, 0.15) is 47.5 Å². The Kier molecular flexibility index (Phi) is 4.69. The lowest BCUT2D eigenvalue weighted by Crippen LogP contribution is -2.69. The number of hydrogen-bond acceptors (Lipinski definition) is 8. The van der Waals surface area contributed by atoms with E-state index in [-0.39, 0.29) is 0 Å². The third-order valence-electron chi connectivity index (χ3n) is 6.10. The van der Waals surface area contributed by atoms with Gasteiger partial charge in [-0.1, -0.05) is 0 Å². The highest BCUT2D eigenvalue weighted by molar-refractivity contribution is 5.15. The zero-order valence-electron chi connectivity index (χ0n) is 17.0. The van der Waals surface area contributed by atoms with Crippen LogP contribution in [0.25, 0.3) is 0 Å². The molecule has 0 radical (unpaired) electrons. The Balaban J connectivity index is 1.70. The minimum absolute atomic E-state index is 0.500. The number of methoxy groups -OCH3 is 1. The quantitative estimate of drug-likeness (QED) is 0.725. The Morgan fingerprint density at radius 1 is 0.889 bits per heavy atom. The topological polar surface area (TPSA) is 84.8 Å². The van der Waals surface area contributed by atoms with Gasteiger partial charge in [-0.05, 0) is 34.6 Å². The summed E-state index contributed by atoms with van der Waals surface area (Å²) in [6, 6.07) is 0. The SMILES string of the molecule is COC1(O[C@@H]2[C@H]3OC(C)(C)O[C@H]3[C@@H](O)[C@]3(C)OC(C)(C)O[C@H]23)CCOCC1. The fourth-order valence-corrected chi connectivity index (χ4v) is 4.90. The van der Waals surface area contributed by atoms with Crippen molar-refractivity contribution in [1.29, 1.82) is 0 Å². The molecule has 1 N–H and O–H groups in total. The molecule has 0 spiro atoms. The van der Waals surface area contributed by atoms with Crippen molar-refractivity contribution >= 4 is 0 Å². The summed E-state index contributed by atoms with van der Waals surface area (Å²) in [5.41, 5.74) is -0.987. The molecule has 4 rings (SSSR count). The number of aliphatic hydroxyl groups excluding tert-OH is 1. The summed E-state index contributed by atoms with van der Waals surface area (Å²) in [5.74, 6) is -2.48. The van der Waals surface area contributed by atoms with Gasteiger partial charge in [0.25, 0.3) is 0 Å². The zero-order chi connectivity index (χ0) is 19.7. The van der Waals surface area contributed by atoms with Gasteiger partial charge in [-0.25, -0.2) is 0 Å². The van der Waals surface area contributed by atoms with Crippen molar-refractivity contribution in [3.8, 4) is 0 Å². The van der Waals surface area contributed by atoms with E-state index in [0.717, 1.165) is 0 Å². The second kappa shape index (κ2) is 6.34. The summed E-state index contributed by atoms with van der Waals surface area (Å²) in [5, 5.41) is 11.1. The molecule has 1 saturated carbocycles. The van der Waals surface area contributed by atoms with E-state index in [4.69, 9.17) is 33.2 Å². The first kappa shape index (κ1) is 20.0. The average Bonchev–Trinajstić information content (AvgIpc) is 3.05. The molecule has 3 aliphatic heterocycles. The molecule has 0 bridgehead atoms. The number of hydrogen-bond donors (Lipinski definition) is 1. The van der Waals surface area contributed by atoms with E-state index in [1.165, 1.54) is 0 Å². The fourth-order valence-electron chi connectivity index (χ4n) is 4.90. The molecule has 3 saturated heterocycles. The van der Waals surface area contributed by atoms with Gasteiger partial charge in [-0.2, -0.15) is 0 Å². The third kappa shape index (κ3) is 3.24. The Hall–Kier alpha value is -0.320. The molecule has 4 fully saturated rings. The van der Waals surface area contributed by atoms with Crippen LogP contribution in [0.2, 0.25) is 0 Å². The number of rotatable bonds is 3. The van der Waals surface area contributed by atoms with Crippen LogP contribution in [-0.2, 0) is 33.2 Å². The van der Waals surface area contributed by atoms with Crippen molar-refractivity contribution < 1.29 is 38.3 Å². The normalized spacial score (nSPS) is 47.4. The maximum absolute atomic E-state index is 11.1. The van der Waals surface area contributed by atoms with Crippen LogP contribution in [0.5, 0.6) is 0 Å². The van der Waals surface area contributed by atoms with Crippen molar-refractivity contribution in [1.82, 2.24) is 0 Å². The van der Waals surface area contributed by atoms with Gasteiger partial charge in [-0.3, -0.25) is 0 Å². The van der Waals surface area contributed by atoms with Gasteiger partial charge in [0.1, 0.15) is 36.1 Å². The molecule has 27 heavy (non-hydrogen) atoms. The lowest BCUT2D eigenvalue weighted by Gasteiger charge is -2.49. The van der Waals surface area contributed by atoms with Gasteiger partial charge in [0.2, 0.25) is 0 Å². The van der Waals surface area contributed by atoms with Crippen LogP contribution in [0.4, 0.5) is 0 Å². The van der Waals surface area contributed by atoms with Crippen molar-refractivity contribution in [2.24, 2.45) is 0 Å². The Labute approximate surface area is 160 Å². The van der Waals surface area contributed by atoms with Gasteiger partial charge < -0.3 is 38.3 Å². The number of fused-ring (bicyclic) bond motifs is 2. The van der Waals surface area contributed by atoms with Gasteiger partial charge in [-0.15, -0.1) is 0 Å². The highest BCUT2D eigenvalue weighted by Crippen LogP contribution is 2.51. The average molecular weight is 388 g/mol. The van der Waals surface area contributed by atoms with E-state index < -0.39 is 53.5 Å². The molecule has 0 aromatic rings. The Bertz CT molecular complexity index is 572. The fraction of sp³-hybridized carbons (Fsp3) is 1.00. The van der Waals surface area contributed by atoms with Gasteiger partial charge in [0.05, 0.1) is 13.2 Å². The van der Waals surface area contributed by atoms with Crippen LogP contribution < -0.4 is 0 Å². The maximum Gasteiger partial charge on any atom is 0.172 e. The van der Waals surface area contributed by atoms with E-state index in [1.54, 1.807) is 7.11 Å². The molecular weight excluding hydrogens is 356 g/mol. The highest BCUT2D eigenvalue weighted by atomic mass is 16.8. The molecule has 0 aromatic heterocycles. The van der Waals surface area contributed by atoms with Crippen molar-refractivity contribution in [3.63, 3.8) is 0 Å². The largest absolute Gasteiger partial charge is 0.387 e. The van der Waals surface area contributed by atoms with E-state index in [0.29, 0.717) is 26.1 Å². The van der Waals surface area contributed by atoms with E-state index in [1.807, 2.05) is 34.6 Å². The molecule has 8 heteroatoms. The van der Waals surface area contributed by atoms with Crippen LogP contribution in [0, 0.1) is 0 Å². The second-order valence-corrected chi connectivity index (χ2v) is 9.04. The third-order valence-corrected chi connectivity index (χ3v) is 6.10. The summed E-state index contributed by atoms with van der Waals surface area (Å²) in [4.78, 5) is 0. The molecule has 4 aliphatic rings. The van der Waals surface area contributed by atoms with Gasteiger partial charge in [0.15, 0.2) is 17.4 Å². The van der Waals surface area contributed by atoms with E-state index in [9.17, 15) is 5.11 Å². The number of ether oxygens (including phenoxy) is 7. The first-order chi connectivity index (χ1) is 12.5. The van der Waals surface area contributed by atoms with Crippen molar-refractivity contribution in [2.75, 3.05) is 20.3 Å². The van der Waals surface area contributed by atoms with Gasteiger partial charge >= 0.3 is 0 Å². The number of aliphatic hydroxyl groups is 1. The molecule has 6 atom stereocenters. The zero-order valence-corrected chi connectivity index (χ0v) is 17.0. The van der Waals surface area contributed by atoms with Crippen LogP contribution in [-0.4, -0.2) is 78.9 Å². The monoisotopic (exact) mass is 388 g/mol. The van der Waals surface area contributed by atoms with Crippen LogP contribution >= 0.6 is 0 Å². The van der Waals surface area contributed by atoms with Crippen molar-refractivity contribution in [3.05, 3.63) is 0 Å². The summed E-state index contributed by atoms with van der Waals surface area (Å²) < 4.78 is 42.4. The summed E-state index contributed by atoms with van der Waals surface area (Å²) in [6.45, 7) is 10.3. The standard InChI is InChI=1S/C19H32O8/c1-16(2)23-11-12(24-16)14(20)18(5)15(26-17(3,4)27-18)13(11)25-19(21-6)7-9-22-10-8-19/h11-15,20H,7-10H2,1-6H3/t11-,12+,13+,14+,15+,18-/m0/s1. The molecule has 0 unspecified atom stereocenters. The molecular formula is C19H32O8. The van der Waals surface area contributed by atoms with E-state index >= 15 is 0 Å². The molecule has 8 nitrogen and oxygen atoms in total. The lowest BCUT2D eigenvalue weighted by atomic mass is 9.76. The molecule has 156 valence electrons. The van der Waals surface area contributed by atoms with Gasteiger partial charge in [0, 0.05) is 20.0 Å². The van der Waals surface area contributed by atoms with Crippen LogP contribution in [0.15, 0.2) is 0 Å². The Morgan fingerprint density at radius 3 is 2.15 bits per heavy atom. The predicted octanol–water partition coefficient (Wildman–Crippen LogP) is 1.33. The minimum Gasteiger partial charge on any atom is -0.387 e. The summed E-state index contributed by atoms with van der Waals surface area (Å²) >= 11 is 0.